The lowest BCUT2D eigenvalue weighted by Crippen LogP contribution is -2.39. The van der Waals surface area contributed by atoms with Gasteiger partial charge in [-0.15, -0.1) is 11.3 Å². The van der Waals surface area contributed by atoms with Gasteiger partial charge in [0.15, 0.2) is 0 Å². The quantitative estimate of drug-likeness (QED) is 0.502. The van der Waals surface area contributed by atoms with Crippen LogP contribution in [0.3, 0.4) is 0 Å². The SMILES string of the molecule is CC1CCN(S(=O)(=O)c2cccc(S(=O)(=O)N3CCC(c4nc5ccccc5s4)CC3)c2)CC1. The van der Waals surface area contributed by atoms with Gasteiger partial charge in [0.1, 0.15) is 0 Å². The van der Waals surface area contributed by atoms with Crippen molar-refractivity contribution in [3.05, 3.63) is 53.5 Å². The molecule has 2 aromatic carbocycles. The maximum Gasteiger partial charge on any atom is 0.243 e. The van der Waals surface area contributed by atoms with Gasteiger partial charge in [-0.1, -0.05) is 25.1 Å². The Labute approximate surface area is 205 Å². The van der Waals surface area contributed by atoms with Crippen molar-refractivity contribution in [2.75, 3.05) is 26.2 Å². The molecular weight excluding hydrogens is 490 g/mol. The third-order valence-electron chi connectivity index (χ3n) is 6.94. The first kappa shape index (κ1) is 23.9. The molecule has 1 aromatic heterocycles. The minimum Gasteiger partial charge on any atom is -0.241 e. The van der Waals surface area contributed by atoms with Gasteiger partial charge in [-0.05, 0) is 61.9 Å². The first-order valence-corrected chi connectivity index (χ1v) is 15.4. The highest BCUT2D eigenvalue weighted by molar-refractivity contribution is 7.90. The van der Waals surface area contributed by atoms with Crippen molar-refractivity contribution in [2.45, 2.75) is 48.3 Å². The summed E-state index contributed by atoms with van der Waals surface area (Å²) in [6, 6.07) is 13.9. The van der Waals surface area contributed by atoms with E-state index in [1.165, 1.54) is 32.9 Å². The molecule has 182 valence electrons. The second-order valence-electron chi connectivity index (χ2n) is 9.26. The van der Waals surface area contributed by atoms with Crippen LogP contribution in [0.1, 0.15) is 43.5 Å². The zero-order chi connectivity index (χ0) is 23.9. The molecule has 0 bridgehead atoms. The molecule has 0 amide bonds. The van der Waals surface area contributed by atoms with E-state index in [0.717, 1.165) is 28.1 Å². The smallest absolute Gasteiger partial charge is 0.241 e. The van der Waals surface area contributed by atoms with Crippen molar-refractivity contribution < 1.29 is 16.8 Å². The molecule has 10 heteroatoms. The molecule has 3 aromatic rings. The molecule has 7 nitrogen and oxygen atoms in total. The van der Waals surface area contributed by atoms with Gasteiger partial charge in [-0.2, -0.15) is 8.61 Å². The highest BCUT2D eigenvalue weighted by Gasteiger charge is 2.33. The third kappa shape index (κ3) is 4.54. The van der Waals surface area contributed by atoms with Crippen LogP contribution in [0.4, 0.5) is 0 Å². The number of hydrogen-bond donors (Lipinski definition) is 0. The van der Waals surface area contributed by atoms with Gasteiger partial charge < -0.3 is 0 Å². The summed E-state index contributed by atoms with van der Waals surface area (Å²) in [5.41, 5.74) is 0.985. The van der Waals surface area contributed by atoms with Crippen LogP contribution in [0.2, 0.25) is 0 Å². The van der Waals surface area contributed by atoms with Gasteiger partial charge in [0, 0.05) is 32.1 Å². The van der Waals surface area contributed by atoms with Crippen molar-refractivity contribution in [2.24, 2.45) is 5.92 Å². The molecular formula is C24H29N3O4S3. The lowest BCUT2D eigenvalue weighted by molar-refractivity contribution is 0.288. The summed E-state index contributed by atoms with van der Waals surface area (Å²) in [5, 5.41) is 1.06. The standard InChI is InChI=1S/C24H29N3O4S3/c1-18-9-13-26(14-10-18)33(28,29)20-5-4-6-21(17-20)34(30,31)27-15-11-19(12-16-27)24-25-22-7-2-3-8-23(22)32-24/h2-8,17-19H,9-16H2,1H3. The van der Waals surface area contributed by atoms with Gasteiger partial charge in [0.25, 0.3) is 0 Å². The molecule has 34 heavy (non-hydrogen) atoms. The summed E-state index contributed by atoms with van der Waals surface area (Å²) in [6.07, 6.45) is 3.04. The number of fused-ring (bicyclic) bond motifs is 1. The zero-order valence-electron chi connectivity index (χ0n) is 19.1. The van der Waals surface area contributed by atoms with Crippen LogP contribution in [-0.4, -0.2) is 56.6 Å². The zero-order valence-corrected chi connectivity index (χ0v) is 21.6. The van der Waals surface area contributed by atoms with E-state index in [2.05, 4.69) is 13.0 Å². The van der Waals surface area contributed by atoms with E-state index in [4.69, 9.17) is 4.98 Å². The Balaban J connectivity index is 1.31. The molecule has 0 atom stereocenters. The maximum absolute atomic E-state index is 13.4. The molecule has 0 radical (unpaired) electrons. The predicted octanol–water partition coefficient (Wildman–Crippen LogP) is 4.29. The lowest BCUT2D eigenvalue weighted by Gasteiger charge is -2.31. The summed E-state index contributed by atoms with van der Waals surface area (Å²) < 4.78 is 57.1. The van der Waals surface area contributed by atoms with Crippen LogP contribution < -0.4 is 0 Å². The Kier molecular flexibility index (Phi) is 6.54. The first-order valence-electron chi connectivity index (χ1n) is 11.7. The average Bonchev–Trinajstić information content (AvgIpc) is 3.29. The largest absolute Gasteiger partial charge is 0.243 e. The third-order valence-corrected chi connectivity index (χ3v) is 11.9. The number of benzene rings is 2. The summed E-state index contributed by atoms with van der Waals surface area (Å²) >= 11 is 1.68. The van der Waals surface area contributed by atoms with Gasteiger partial charge in [-0.3, -0.25) is 0 Å². The normalized spacial score (nSPS) is 20.1. The van der Waals surface area contributed by atoms with E-state index in [9.17, 15) is 16.8 Å². The van der Waals surface area contributed by atoms with Crippen LogP contribution in [0.15, 0.2) is 58.3 Å². The van der Waals surface area contributed by atoms with E-state index in [0.29, 0.717) is 44.9 Å². The molecule has 0 N–H and O–H groups in total. The molecule has 2 saturated heterocycles. The van der Waals surface area contributed by atoms with Crippen LogP contribution in [0.5, 0.6) is 0 Å². The number of aromatic nitrogens is 1. The molecule has 5 rings (SSSR count). The molecule has 2 aliphatic rings. The van der Waals surface area contributed by atoms with Gasteiger partial charge >= 0.3 is 0 Å². The number of rotatable bonds is 5. The Morgan fingerprint density at radius 3 is 1.94 bits per heavy atom. The Hall–Kier alpha value is -1.85. The van der Waals surface area contributed by atoms with Crippen molar-refractivity contribution in [3.8, 4) is 0 Å². The van der Waals surface area contributed by atoms with Gasteiger partial charge in [0.2, 0.25) is 20.0 Å². The number of nitrogens with zero attached hydrogens (tertiary/aromatic N) is 3. The Morgan fingerprint density at radius 1 is 0.794 bits per heavy atom. The number of piperidine rings is 2. The predicted molar refractivity (Wildman–Crippen MR) is 134 cm³/mol. The minimum absolute atomic E-state index is 0.0392. The van der Waals surface area contributed by atoms with Crippen LogP contribution in [-0.2, 0) is 20.0 Å². The van der Waals surface area contributed by atoms with Gasteiger partial charge in [0.05, 0.1) is 25.0 Å². The molecule has 0 unspecified atom stereocenters. The van der Waals surface area contributed by atoms with Gasteiger partial charge in [-0.25, -0.2) is 21.8 Å². The van der Waals surface area contributed by atoms with Crippen molar-refractivity contribution in [1.82, 2.24) is 13.6 Å². The number of hydrogen-bond acceptors (Lipinski definition) is 6. The van der Waals surface area contributed by atoms with E-state index in [1.54, 1.807) is 11.3 Å². The average molecular weight is 520 g/mol. The summed E-state index contributed by atoms with van der Waals surface area (Å²) in [4.78, 5) is 4.84. The molecule has 0 saturated carbocycles. The number of sulfonamides is 2. The van der Waals surface area contributed by atoms with Crippen molar-refractivity contribution in [1.29, 1.82) is 0 Å². The molecule has 2 fully saturated rings. The minimum atomic E-state index is -3.78. The summed E-state index contributed by atoms with van der Waals surface area (Å²) in [7, 11) is -7.49. The van der Waals surface area contributed by atoms with Crippen molar-refractivity contribution in [3.63, 3.8) is 0 Å². The second kappa shape index (κ2) is 9.31. The van der Waals surface area contributed by atoms with Crippen LogP contribution >= 0.6 is 11.3 Å². The molecule has 3 heterocycles. The highest BCUT2D eigenvalue weighted by Crippen LogP contribution is 2.35. The van der Waals surface area contributed by atoms with Crippen LogP contribution in [0.25, 0.3) is 10.2 Å². The molecule has 2 aliphatic heterocycles. The molecule has 0 spiro atoms. The number of thiazole rings is 1. The fourth-order valence-electron chi connectivity index (χ4n) is 4.73. The van der Waals surface area contributed by atoms with E-state index < -0.39 is 20.0 Å². The van der Waals surface area contributed by atoms with Crippen molar-refractivity contribution >= 4 is 41.6 Å². The monoisotopic (exact) mass is 519 g/mol. The Bertz CT molecular complexity index is 1350. The van der Waals surface area contributed by atoms with E-state index in [1.807, 2.05) is 18.2 Å². The van der Waals surface area contributed by atoms with Crippen LogP contribution in [0, 0.1) is 5.92 Å². The Morgan fingerprint density at radius 2 is 1.35 bits per heavy atom. The molecule has 0 aliphatic carbocycles. The summed E-state index contributed by atoms with van der Waals surface area (Å²) in [5.74, 6) is 0.737. The number of para-hydroxylation sites is 1. The highest BCUT2D eigenvalue weighted by atomic mass is 32.2. The fourth-order valence-corrected chi connectivity index (χ4v) is 8.97. The van der Waals surface area contributed by atoms with E-state index in [-0.39, 0.29) is 15.7 Å². The lowest BCUT2D eigenvalue weighted by atomic mass is 9.99. The first-order chi connectivity index (χ1) is 16.2. The second-order valence-corrected chi connectivity index (χ2v) is 14.2. The maximum atomic E-state index is 13.4. The van der Waals surface area contributed by atoms with E-state index >= 15 is 0 Å². The fraction of sp³-hybridized carbons (Fsp3) is 0.458. The topological polar surface area (TPSA) is 87.7 Å². The summed E-state index contributed by atoms with van der Waals surface area (Å²) in [6.45, 7) is 3.85.